The van der Waals surface area contributed by atoms with Gasteiger partial charge in [0.25, 0.3) is 0 Å². The van der Waals surface area contributed by atoms with Gasteiger partial charge < -0.3 is 15.4 Å². The van der Waals surface area contributed by atoms with E-state index >= 15 is 0 Å². The summed E-state index contributed by atoms with van der Waals surface area (Å²) in [5.74, 6) is 0.136. The van der Waals surface area contributed by atoms with Crippen LogP contribution in [0.2, 0.25) is 0 Å². The molecule has 6 heteroatoms. The van der Waals surface area contributed by atoms with Crippen molar-refractivity contribution in [3.05, 3.63) is 23.8 Å². The first-order chi connectivity index (χ1) is 8.02. The third-order valence-electron chi connectivity index (χ3n) is 2.01. The molecule has 17 heavy (non-hydrogen) atoms. The molecule has 1 aromatic carbocycles. The minimum atomic E-state index is -2.81. The molecule has 0 bridgehead atoms. The number of hydrogen-bond donors (Lipinski definition) is 2. The van der Waals surface area contributed by atoms with Gasteiger partial charge in [0.1, 0.15) is 5.75 Å². The van der Waals surface area contributed by atoms with Gasteiger partial charge >= 0.3 is 6.61 Å². The van der Waals surface area contributed by atoms with Crippen LogP contribution in [0.25, 0.3) is 0 Å². The van der Waals surface area contributed by atoms with Crippen LogP contribution in [0.1, 0.15) is 12.5 Å². The Morgan fingerprint density at radius 3 is 2.71 bits per heavy atom. The number of ether oxygens (including phenoxy) is 1. The predicted octanol–water partition coefficient (Wildman–Crippen LogP) is 2.90. The summed E-state index contributed by atoms with van der Waals surface area (Å²) in [5, 5.41) is 6.40. The highest BCUT2D eigenvalue weighted by molar-refractivity contribution is 7.80. The zero-order chi connectivity index (χ0) is 12.8. The van der Waals surface area contributed by atoms with Crippen molar-refractivity contribution in [3.63, 3.8) is 0 Å². The molecular formula is C11H14F2N2OS. The fourth-order valence-corrected chi connectivity index (χ4v) is 1.53. The second kappa shape index (κ2) is 6.34. The smallest absolute Gasteiger partial charge is 0.387 e. The number of hydrogen-bond acceptors (Lipinski definition) is 2. The molecule has 0 saturated carbocycles. The van der Waals surface area contributed by atoms with Crippen LogP contribution in [0.15, 0.2) is 18.2 Å². The molecule has 0 aliphatic heterocycles. The number of rotatable bonds is 4. The van der Waals surface area contributed by atoms with Crippen molar-refractivity contribution in [1.82, 2.24) is 5.32 Å². The van der Waals surface area contributed by atoms with E-state index in [9.17, 15) is 8.78 Å². The van der Waals surface area contributed by atoms with Gasteiger partial charge in [-0.25, -0.2) is 0 Å². The lowest BCUT2D eigenvalue weighted by Gasteiger charge is -2.12. The fourth-order valence-electron chi connectivity index (χ4n) is 1.28. The Morgan fingerprint density at radius 2 is 2.18 bits per heavy atom. The van der Waals surface area contributed by atoms with E-state index in [2.05, 4.69) is 15.4 Å². The van der Waals surface area contributed by atoms with Gasteiger partial charge in [0.2, 0.25) is 0 Å². The highest BCUT2D eigenvalue weighted by Gasteiger charge is 2.06. The lowest BCUT2D eigenvalue weighted by atomic mass is 10.2. The molecule has 0 fully saturated rings. The summed E-state index contributed by atoms with van der Waals surface area (Å²) in [6.45, 7) is 1.63. The van der Waals surface area contributed by atoms with Crippen molar-refractivity contribution in [3.8, 4) is 5.75 Å². The summed E-state index contributed by atoms with van der Waals surface area (Å²) in [7, 11) is 0. The lowest BCUT2D eigenvalue weighted by molar-refractivity contribution is -0.0498. The first-order valence-electron chi connectivity index (χ1n) is 5.13. The Hall–Kier alpha value is -1.43. The van der Waals surface area contributed by atoms with Crippen molar-refractivity contribution in [2.45, 2.75) is 20.5 Å². The van der Waals surface area contributed by atoms with Crippen LogP contribution in [0.4, 0.5) is 14.5 Å². The number of alkyl halides is 2. The van der Waals surface area contributed by atoms with Crippen molar-refractivity contribution < 1.29 is 13.5 Å². The molecule has 0 spiro atoms. The number of anilines is 1. The van der Waals surface area contributed by atoms with Gasteiger partial charge in [0.05, 0.1) is 0 Å². The Balaban J connectivity index is 2.72. The van der Waals surface area contributed by atoms with E-state index in [0.29, 0.717) is 5.11 Å². The van der Waals surface area contributed by atoms with Gasteiger partial charge in [-0.1, -0.05) is 0 Å². The van der Waals surface area contributed by atoms with Crippen LogP contribution >= 0.6 is 12.2 Å². The second-order valence-electron chi connectivity index (χ2n) is 3.34. The van der Waals surface area contributed by atoms with Crippen molar-refractivity contribution in [2.24, 2.45) is 0 Å². The van der Waals surface area contributed by atoms with E-state index in [-0.39, 0.29) is 5.75 Å². The second-order valence-corrected chi connectivity index (χ2v) is 3.75. The van der Waals surface area contributed by atoms with Crippen molar-refractivity contribution in [2.75, 3.05) is 11.9 Å². The van der Waals surface area contributed by atoms with Gasteiger partial charge in [-0.05, 0) is 49.8 Å². The largest absolute Gasteiger partial charge is 0.435 e. The van der Waals surface area contributed by atoms with E-state index < -0.39 is 6.61 Å². The minimum Gasteiger partial charge on any atom is -0.435 e. The molecular weight excluding hydrogens is 246 g/mol. The molecule has 0 radical (unpaired) electrons. The third kappa shape index (κ3) is 4.52. The SMILES string of the molecule is CCNC(=S)Nc1ccc(OC(F)F)cc1C. The molecule has 0 aromatic heterocycles. The van der Waals surface area contributed by atoms with E-state index in [1.165, 1.54) is 12.1 Å². The van der Waals surface area contributed by atoms with Gasteiger partial charge in [-0.3, -0.25) is 0 Å². The molecule has 0 saturated heterocycles. The standard InChI is InChI=1S/C11H14F2N2OS/c1-3-14-11(17)15-9-5-4-8(6-7(9)2)16-10(12)13/h4-6,10H,3H2,1-2H3,(H2,14,15,17). The Bertz CT molecular complexity index is 399. The molecule has 2 N–H and O–H groups in total. The van der Waals surface area contributed by atoms with Crippen molar-refractivity contribution in [1.29, 1.82) is 0 Å². The highest BCUT2D eigenvalue weighted by Crippen LogP contribution is 2.22. The summed E-state index contributed by atoms with van der Waals surface area (Å²) in [5.41, 5.74) is 1.54. The van der Waals surface area contributed by atoms with Gasteiger partial charge in [-0.15, -0.1) is 0 Å². The number of aryl methyl sites for hydroxylation is 1. The molecule has 3 nitrogen and oxygen atoms in total. The van der Waals surface area contributed by atoms with Crippen LogP contribution < -0.4 is 15.4 Å². The predicted molar refractivity (Wildman–Crippen MR) is 67.7 cm³/mol. The molecule has 0 aliphatic rings. The Morgan fingerprint density at radius 1 is 1.47 bits per heavy atom. The zero-order valence-corrected chi connectivity index (χ0v) is 10.4. The van der Waals surface area contributed by atoms with E-state index in [1.807, 2.05) is 6.92 Å². The van der Waals surface area contributed by atoms with E-state index in [4.69, 9.17) is 12.2 Å². The van der Waals surface area contributed by atoms with Crippen LogP contribution in [0, 0.1) is 6.92 Å². The quantitative estimate of drug-likeness (QED) is 0.816. The molecule has 1 aromatic rings. The zero-order valence-electron chi connectivity index (χ0n) is 9.59. The molecule has 0 amide bonds. The number of halogens is 2. The van der Waals surface area contributed by atoms with Gasteiger partial charge in [0.15, 0.2) is 5.11 Å². The summed E-state index contributed by atoms with van der Waals surface area (Å²) < 4.78 is 28.3. The third-order valence-corrected chi connectivity index (χ3v) is 2.25. The average molecular weight is 260 g/mol. The topological polar surface area (TPSA) is 33.3 Å². The maximum absolute atomic E-state index is 12.0. The fraction of sp³-hybridized carbons (Fsp3) is 0.364. The molecule has 0 heterocycles. The molecule has 0 aliphatic carbocycles. The normalized spacial score (nSPS) is 10.2. The van der Waals surface area contributed by atoms with Crippen LogP contribution in [-0.4, -0.2) is 18.3 Å². The highest BCUT2D eigenvalue weighted by atomic mass is 32.1. The Kier molecular flexibility index (Phi) is 5.09. The molecule has 0 atom stereocenters. The number of nitrogens with one attached hydrogen (secondary N) is 2. The van der Waals surface area contributed by atoms with Crippen LogP contribution in [0.3, 0.4) is 0 Å². The molecule has 94 valence electrons. The van der Waals surface area contributed by atoms with E-state index in [1.54, 1.807) is 13.0 Å². The Labute approximate surface area is 104 Å². The van der Waals surface area contributed by atoms with E-state index in [0.717, 1.165) is 17.8 Å². The lowest BCUT2D eigenvalue weighted by Crippen LogP contribution is -2.28. The van der Waals surface area contributed by atoms with Crippen LogP contribution in [0.5, 0.6) is 5.75 Å². The van der Waals surface area contributed by atoms with Crippen molar-refractivity contribution >= 4 is 23.0 Å². The summed E-state index contributed by atoms with van der Waals surface area (Å²) >= 11 is 5.02. The monoisotopic (exact) mass is 260 g/mol. The maximum atomic E-state index is 12.0. The summed E-state index contributed by atoms with van der Waals surface area (Å²) in [4.78, 5) is 0. The number of benzene rings is 1. The maximum Gasteiger partial charge on any atom is 0.387 e. The van der Waals surface area contributed by atoms with Gasteiger partial charge in [-0.2, -0.15) is 8.78 Å². The van der Waals surface area contributed by atoms with Crippen LogP contribution in [-0.2, 0) is 0 Å². The first kappa shape index (κ1) is 13.6. The molecule has 1 rings (SSSR count). The summed E-state index contributed by atoms with van der Waals surface area (Å²) in [6.07, 6.45) is 0. The summed E-state index contributed by atoms with van der Waals surface area (Å²) in [6, 6.07) is 4.65. The first-order valence-corrected chi connectivity index (χ1v) is 5.54. The molecule has 0 unspecified atom stereocenters. The van der Waals surface area contributed by atoms with Gasteiger partial charge in [0, 0.05) is 12.2 Å². The average Bonchev–Trinajstić information content (AvgIpc) is 2.21. The minimum absolute atomic E-state index is 0.136. The number of thiocarbonyl (C=S) groups is 1.